The molecule has 2 fully saturated rings. The molecule has 4 atom stereocenters. The molecule has 30 heavy (non-hydrogen) atoms. The topological polar surface area (TPSA) is 68.2 Å². The number of hydrazone groups is 1. The first-order valence-corrected chi connectivity index (χ1v) is 9.77. The van der Waals surface area contributed by atoms with E-state index >= 15 is 0 Å². The lowest BCUT2D eigenvalue weighted by Gasteiger charge is -2.13. The van der Waals surface area contributed by atoms with Crippen LogP contribution in [0.25, 0.3) is 0 Å². The molecule has 1 heterocycles. The smallest absolute Gasteiger partial charge is 0.254 e. The zero-order valence-corrected chi connectivity index (χ0v) is 16.2. The lowest BCUT2D eigenvalue weighted by atomic mass is 9.85. The van der Waals surface area contributed by atoms with Crippen LogP contribution < -0.4 is 9.47 Å². The summed E-state index contributed by atoms with van der Waals surface area (Å²) in [7, 11) is 1.41. The lowest BCUT2D eigenvalue weighted by molar-refractivity contribution is -0.140. The Morgan fingerprint density at radius 1 is 1.03 bits per heavy atom. The predicted molar refractivity (Wildman–Crippen MR) is 107 cm³/mol. The van der Waals surface area contributed by atoms with Crippen LogP contribution in [0.15, 0.2) is 59.7 Å². The number of allylic oxidation sites excluding steroid dienone is 2. The number of carbonyl (C=O) groups is 2. The summed E-state index contributed by atoms with van der Waals surface area (Å²) in [5.74, 6) is -0.887. The fraction of sp³-hybridized carbons (Fsp3) is 0.261. The number of hydrogen-bond acceptors (Lipinski definition) is 5. The van der Waals surface area contributed by atoms with E-state index in [1.807, 2.05) is 18.2 Å². The fourth-order valence-electron chi connectivity index (χ4n) is 4.64. The van der Waals surface area contributed by atoms with Crippen molar-refractivity contribution in [3.63, 3.8) is 0 Å². The van der Waals surface area contributed by atoms with E-state index in [0.717, 1.165) is 11.4 Å². The van der Waals surface area contributed by atoms with E-state index in [2.05, 4.69) is 5.10 Å². The molecule has 0 radical (unpaired) electrons. The van der Waals surface area contributed by atoms with Gasteiger partial charge in [0.1, 0.15) is 11.5 Å². The van der Waals surface area contributed by atoms with Crippen LogP contribution >= 0.6 is 0 Å². The van der Waals surface area contributed by atoms with Crippen LogP contribution in [-0.4, -0.2) is 30.1 Å². The molecule has 1 saturated heterocycles. The van der Waals surface area contributed by atoms with Crippen LogP contribution in [0.2, 0.25) is 0 Å². The summed E-state index contributed by atoms with van der Waals surface area (Å²) < 4.78 is 25.3. The molecule has 152 valence electrons. The minimum absolute atomic E-state index is 0.0124. The minimum Gasteiger partial charge on any atom is -0.496 e. The first-order valence-electron chi connectivity index (χ1n) is 9.77. The molecule has 7 heteroatoms. The van der Waals surface area contributed by atoms with Crippen molar-refractivity contribution in [1.82, 2.24) is 5.01 Å². The Hall–Kier alpha value is -3.48. The largest absolute Gasteiger partial charge is 0.496 e. The summed E-state index contributed by atoms with van der Waals surface area (Å²) in [5, 5.41) is 5.09. The Morgan fingerprint density at radius 2 is 1.70 bits per heavy atom. The molecular formula is C23H19FN2O4. The Kier molecular flexibility index (Phi) is 4.38. The summed E-state index contributed by atoms with van der Waals surface area (Å²) in [4.78, 5) is 25.5. The molecule has 2 aromatic carbocycles. The van der Waals surface area contributed by atoms with Crippen LogP contribution in [0.1, 0.15) is 12.0 Å². The van der Waals surface area contributed by atoms with Crippen molar-refractivity contribution >= 4 is 18.0 Å². The van der Waals surface area contributed by atoms with E-state index in [9.17, 15) is 14.0 Å². The standard InChI is InChI=1S/C23H19FN2O4/c1-29-18-11-17(24)19(30-16-5-3-2-4-6-16)10-15(18)12-25-26-22(27)20-13-7-8-14(9-13)21(20)23(26)28/h2-8,10-14,20-21H,9H2,1H3/t13-,14-,20-,21+/m0/s1. The van der Waals surface area contributed by atoms with Gasteiger partial charge in [0, 0.05) is 11.6 Å². The van der Waals surface area contributed by atoms with Gasteiger partial charge in [-0.05, 0) is 36.5 Å². The minimum atomic E-state index is -0.599. The number of carbonyl (C=O) groups excluding carboxylic acids is 2. The number of nitrogens with zero attached hydrogens (tertiary/aromatic N) is 2. The molecular weight excluding hydrogens is 387 g/mol. The van der Waals surface area contributed by atoms with E-state index in [-0.39, 0.29) is 47.0 Å². The summed E-state index contributed by atoms with van der Waals surface area (Å²) >= 11 is 0. The molecule has 0 aromatic heterocycles. The Bertz CT molecular complexity index is 1050. The van der Waals surface area contributed by atoms with Crippen molar-refractivity contribution in [3.8, 4) is 17.2 Å². The monoisotopic (exact) mass is 406 g/mol. The van der Waals surface area contributed by atoms with Crippen molar-refractivity contribution in [2.75, 3.05) is 7.11 Å². The maximum Gasteiger partial charge on any atom is 0.254 e. The third kappa shape index (κ3) is 2.89. The number of amides is 2. The van der Waals surface area contributed by atoms with E-state index in [0.29, 0.717) is 11.3 Å². The van der Waals surface area contributed by atoms with Crippen LogP contribution in [0.3, 0.4) is 0 Å². The summed E-state index contributed by atoms with van der Waals surface area (Å²) in [5.41, 5.74) is 0.392. The molecule has 2 bridgehead atoms. The van der Waals surface area contributed by atoms with Gasteiger partial charge in [0.2, 0.25) is 0 Å². The number of halogens is 1. The Morgan fingerprint density at radius 3 is 2.33 bits per heavy atom. The number of rotatable bonds is 5. The van der Waals surface area contributed by atoms with Crippen molar-refractivity contribution in [3.05, 3.63) is 66.0 Å². The number of para-hydroxylation sites is 1. The Balaban J connectivity index is 1.43. The molecule has 0 N–H and O–H groups in total. The SMILES string of the molecule is COc1cc(F)c(Oc2ccccc2)cc1C=NN1C(=O)[C@@H]2[C@H](C1=O)[C@H]1C=C[C@H]2C1. The van der Waals surface area contributed by atoms with Gasteiger partial charge in [-0.25, -0.2) is 4.39 Å². The number of hydrogen-bond donors (Lipinski definition) is 0. The normalized spacial score (nSPS) is 26.7. The van der Waals surface area contributed by atoms with Crippen molar-refractivity contribution < 1.29 is 23.5 Å². The molecule has 1 aliphatic heterocycles. The number of imide groups is 1. The molecule has 0 unspecified atom stereocenters. The average Bonchev–Trinajstić information content (AvgIpc) is 3.43. The summed E-state index contributed by atoms with van der Waals surface area (Å²) in [6, 6.07) is 11.4. The maximum atomic E-state index is 14.4. The second-order valence-electron chi connectivity index (χ2n) is 7.67. The van der Waals surface area contributed by atoms with Gasteiger partial charge in [0.25, 0.3) is 11.8 Å². The zero-order chi connectivity index (χ0) is 20.8. The number of methoxy groups -OCH3 is 1. The third-order valence-corrected chi connectivity index (χ3v) is 6.01. The highest BCUT2D eigenvalue weighted by Gasteiger charge is 2.59. The van der Waals surface area contributed by atoms with Crippen molar-refractivity contribution in [1.29, 1.82) is 0 Å². The first kappa shape index (κ1) is 18.5. The highest BCUT2D eigenvalue weighted by molar-refractivity contribution is 6.06. The highest BCUT2D eigenvalue weighted by atomic mass is 19.1. The summed E-state index contributed by atoms with van der Waals surface area (Å²) in [6.07, 6.45) is 6.25. The van der Waals surface area contributed by atoms with Crippen LogP contribution in [0.5, 0.6) is 17.2 Å². The average molecular weight is 406 g/mol. The van der Waals surface area contributed by atoms with Gasteiger partial charge in [-0.15, -0.1) is 0 Å². The van der Waals surface area contributed by atoms with Crippen molar-refractivity contribution in [2.45, 2.75) is 6.42 Å². The molecule has 2 amide bonds. The highest BCUT2D eigenvalue weighted by Crippen LogP contribution is 2.52. The van der Waals surface area contributed by atoms with E-state index in [1.165, 1.54) is 25.5 Å². The van der Waals surface area contributed by atoms with Gasteiger partial charge in [0.05, 0.1) is 25.2 Å². The summed E-state index contributed by atoms with van der Waals surface area (Å²) in [6.45, 7) is 0. The van der Waals surface area contributed by atoms with Gasteiger partial charge >= 0.3 is 0 Å². The second kappa shape index (κ2) is 7.09. The van der Waals surface area contributed by atoms with Gasteiger partial charge in [-0.3, -0.25) is 9.59 Å². The first-order chi connectivity index (χ1) is 14.6. The van der Waals surface area contributed by atoms with E-state index in [1.54, 1.807) is 24.3 Å². The number of ether oxygens (including phenoxy) is 2. The molecule has 3 aliphatic rings. The number of fused-ring (bicyclic) bond motifs is 5. The zero-order valence-electron chi connectivity index (χ0n) is 16.2. The lowest BCUT2D eigenvalue weighted by Crippen LogP contribution is -2.28. The van der Waals surface area contributed by atoms with E-state index in [4.69, 9.17) is 9.47 Å². The fourth-order valence-corrected chi connectivity index (χ4v) is 4.64. The van der Waals surface area contributed by atoms with E-state index < -0.39 is 5.82 Å². The maximum absolute atomic E-state index is 14.4. The molecule has 1 saturated carbocycles. The Labute approximate surface area is 172 Å². The molecule has 2 aromatic rings. The number of benzene rings is 2. The van der Waals surface area contributed by atoms with Gasteiger partial charge in [-0.2, -0.15) is 10.1 Å². The van der Waals surface area contributed by atoms with Gasteiger partial charge in [0.15, 0.2) is 11.6 Å². The molecule has 2 aliphatic carbocycles. The van der Waals surface area contributed by atoms with Crippen molar-refractivity contribution in [2.24, 2.45) is 28.8 Å². The van der Waals surface area contributed by atoms with Crippen LogP contribution in [0, 0.1) is 29.5 Å². The second-order valence-corrected chi connectivity index (χ2v) is 7.67. The predicted octanol–water partition coefficient (Wildman–Crippen LogP) is 3.77. The third-order valence-electron chi connectivity index (χ3n) is 6.01. The van der Waals surface area contributed by atoms with Crippen LogP contribution in [0.4, 0.5) is 4.39 Å². The molecule has 0 spiro atoms. The van der Waals surface area contributed by atoms with Crippen LogP contribution in [-0.2, 0) is 9.59 Å². The quantitative estimate of drug-likeness (QED) is 0.431. The molecule has 6 nitrogen and oxygen atoms in total. The van der Waals surface area contributed by atoms with Gasteiger partial charge in [-0.1, -0.05) is 30.4 Å². The molecule has 5 rings (SSSR count). The van der Waals surface area contributed by atoms with Gasteiger partial charge < -0.3 is 9.47 Å².